The topological polar surface area (TPSA) is 40.1 Å². The van der Waals surface area contributed by atoms with E-state index in [1.807, 2.05) is 6.92 Å². The molecular formula is C10H18BrO2-. The van der Waals surface area contributed by atoms with E-state index in [9.17, 15) is 9.90 Å². The highest BCUT2D eigenvalue weighted by Gasteiger charge is 2.24. The van der Waals surface area contributed by atoms with Crippen molar-refractivity contribution in [1.29, 1.82) is 0 Å². The highest BCUT2D eigenvalue weighted by molar-refractivity contribution is 9.10. The van der Waals surface area contributed by atoms with Gasteiger partial charge in [0.1, 0.15) is 0 Å². The first kappa shape index (κ1) is 12.9. The van der Waals surface area contributed by atoms with Crippen LogP contribution in [0.5, 0.6) is 0 Å². The molecule has 13 heavy (non-hydrogen) atoms. The fraction of sp³-hybridized carbons (Fsp3) is 0.900. The molecule has 1 atom stereocenters. The van der Waals surface area contributed by atoms with Crippen LogP contribution in [0.25, 0.3) is 0 Å². The van der Waals surface area contributed by atoms with Crippen molar-refractivity contribution in [2.75, 3.05) is 0 Å². The van der Waals surface area contributed by atoms with Crippen LogP contribution >= 0.6 is 15.9 Å². The Morgan fingerprint density at radius 1 is 1.31 bits per heavy atom. The van der Waals surface area contributed by atoms with Crippen molar-refractivity contribution in [3.63, 3.8) is 0 Å². The average Bonchev–Trinajstić information content (AvgIpc) is 2.12. The Kier molecular flexibility index (Phi) is 6.39. The van der Waals surface area contributed by atoms with Crippen molar-refractivity contribution < 1.29 is 9.90 Å². The first-order chi connectivity index (χ1) is 6.06. The third kappa shape index (κ3) is 4.65. The van der Waals surface area contributed by atoms with Crippen LogP contribution in [0.4, 0.5) is 0 Å². The lowest BCUT2D eigenvalue weighted by molar-refractivity contribution is -0.309. The second kappa shape index (κ2) is 6.41. The van der Waals surface area contributed by atoms with Crippen molar-refractivity contribution >= 4 is 21.9 Å². The van der Waals surface area contributed by atoms with Gasteiger partial charge in [0.05, 0.1) is 10.3 Å². The normalized spacial score (nSPS) is 15.3. The molecule has 0 rings (SSSR count). The molecule has 0 spiro atoms. The van der Waals surface area contributed by atoms with Crippen LogP contribution in [0, 0.1) is 0 Å². The number of rotatable bonds is 7. The summed E-state index contributed by atoms with van der Waals surface area (Å²) >= 11 is 3.24. The van der Waals surface area contributed by atoms with Crippen LogP contribution in [-0.4, -0.2) is 10.3 Å². The highest BCUT2D eigenvalue weighted by atomic mass is 79.9. The molecule has 0 aliphatic heterocycles. The fourth-order valence-electron chi connectivity index (χ4n) is 1.26. The molecule has 0 aromatic heterocycles. The Morgan fingerprint density at radius 2 is 1.92 bits per heavy atom. The highest BCUT2D eigenvalue weighted by Crippen LogP contribution is 2.28. The first-order valence-electron chi connectivity index (χ1n) is 4.97. The van der Waals surface area contributed by atoms with Gasteiger partial charge in [0.25, 0.3) is 0 Å². The molecule has 0 aliphatic carbocycles. The molecule has 1 unspecified atom stereocenters. The van der Waals surface area contributed by atoms with Crippen LogP contribution in [0.3, 0.4) is 0 Å². The Bertz CT molecular complexity index is 159. The van der Waals surface area contributed by atoms with Gasteiger partial charge in [-0.15, -0.1) is 0 Å². The zero-order valence-electron chi connectivity index (χ0n) is 8.44. The number of alkyl halides is 1. The van der Waals surface area contributed by atoms with Crippen LogP contribution in [0.1, 0.15) is 52.4 Å². The Hall–Kier alpha value is -0.0500. The maximum absolute atomic E-state index is 10.8. The number of aliphatic carboxylic acids is 1. The molecule has 0 aromatic rings. The van der Waals surface area contributed by atoms with E-state index < -0.39 is 10.3 Å². The van der Waals surface area contributed by atoms with E-state index in [1.54, 1.807) is 0 Å². The van der Waals surface area contributed by atoms with Crippen LogP contribution < -0.4 is 5.11 Å². The van der Waals surface area contributed by atoms with Crippen molar-refractivity contribution in [3.8, 4) is 0 Å². The number of carbonyl (C=O) groups excluding carboxylic acids is 1. The van der Waals surface area contributed by atoms with Gasteiger partial charge in [-0.05, 0) is 12.8 Å². The number of carbonyl (C=O) groups is 1. The largest absolute Gasteiger partial charge is 0.549 e. The number of carboxylic acids is 1. The van der Waals surface area contributed by atoms with E-state index in [0.29, 0.717) is 12.8 Å². The Labute approximate surface area is 88.8 Å². The molecule has 0 amide bonds. The third-order valence-corrected chi connectivity index (χ3v) is 3.63. The Morgan fingerprint density at radius 3 is 2.31 bits per heavy atom. The lowest BCUT2D eigenvalue weighted by Crippen LogP contribution is -2.43. The molecule has 0 heterocycles. The maximum atomic E-state index is 10.8. The lowest BCUT2D eigenvalue weighted by Gasteiger charge is -2.27. The van der Waals surface area contributed by atoms with Gasteiger partial charge in [0.2, 0.25) is 0 Å². The van der Waals surface area contributed by atoms with Gasteiger partial charge in [-0.2, -0.15) is 0 Å². The molecule has 0 saturated heterocycles. The third-order valence-electron chi connectivity index (χ3n) is 2.35. The van der Waals surface area contributed by atoms with Gasteiger partial charge in [-0.1, -0.05) is 55.5 Å². The van der Waals surface area contributed by atoms with Crippen LogP contribution in [0.15, 0.2) is 0 Å². The second-order valence-electron chi connectivity index (χ2n) is 3.42. The second-order valence-corrected chi connectivity index (χ2v) is 4.93. The molecule has 3 heteroatoms. The first-order valence-corrected chi connectivity index (χ1v) is 5.76. The van der Waals surface area contributed by atoms with Gasteiger partial charge >= 0.3 is 0 Å². The molecule has 0 bridgehead atoms. The van der Waals surface area contributed by atoms with Crippen molar-refractivity contribution in [1.82, 2.24) is 0 Å². The van der Waals surface area contributed by atoms with Crippen molar-refractivity contribution in [3.05, 3.63) is 0 Å². The smallest absolute Gasteiger partial charge is 0.0648 e. The SMILES string of the molecule is CCCCCCC(Br)(CC)C(=O)[O-]. The Balaban J connectivity index is 3.78. The van der Waals surface area contributed by atoms with E-state index in [0.717, 1.165) is 12.8 Å². The van der Waals surface area contributed by atoms with Gasteiger partial charge < -0.3 is 9.90 Å². The summed E-state index contributed by atoms with van der Waals surface area (Å²) in [6.45, 7) is 4.00. The minimum absolute atomic E-state index is 0.585. The molecule has 0 radical (unpaired) electrons. The number of unbranched alkanes of at least 4 members (excludes halogenated alkanes) is 3. The molecule has 0 aliphatic rings. The standard InChI is InChI=1S/C10H19BrO2/c1-3-5-6-7-8-10(11,4-2)9(12)13/h3-8H2,1-2H3,(H,12,13)/p-1. The molecule has 0 aromatic carbocycles. The summed E-state index contributed by atoms with van der Waals surface area (Å²) in [6, 6.07) is 0. The minimum Gasteiger partial charge on any atom is -0.549 e. The number of halogens is 1. The van der Waals surface area contributed by atoms with Crippen LogP contribution in [-0.2, 0) is 4.79 Å². The predicted octanol–water partition coefficient (Wildman–Crippen LogP) is 2.25. The summed E-state index contributed by atoms with van der Waals surface area (Å²) in [6.07, 6.45) is 5.68. The van der Waals surface area contributed by atoms with E-state index in [1.165, 1.54) is 12.8 Å². The zero-order chi connectivity index (χ0) is 10.3. The average molecular weight is 250 g/mol. The summed E-state index contributed by atoms with van der Waals surface area (Å²) < 4.78 is -0.791. The molecular weight excluding hydrogens is 232 g/mol. The van der Waals surface area contributed by atoms with Gasteiger partial charge in [0.15, 0.2) is 0 Å². The van der Waals surface area contributed by atoms with Crippen molar-refractivity contribution in [2.45, 2.75) is 56.7 Å². The summed E-state index contributed by atoms with van der Waals surface area (Å²) in [4.78, 5) is 10.8. The van der Waals surface area contributed by atoms with Gasteiger partial charge in [0, 0.05) is 0 Å². The molecule has 2 nitrogen and oxygen atoms in total. The number of carboxylic acid groups (broad SMARTS) is 1. The summed E-state index contributed by atoms with van der Waals surface area (Å²) in [5, 5.41) is 10.8. The molecule has 0 saturated carbocycles. The number of hydrogen-bond donors (Lipinski definition) is 0. The summed E-state index contributed by atoms with van der Waals surface area (Å²) in [5.41, 5.74) is 0. The van der Waals surface area contributed by atoms with Gasteiger partial charge in [-0.3, -0.25) is 0 Å². The predicted molar refractivity (Wildman–Crippen MR) is 55.7 cm³/mol. The lowest BCUT2D eigenvalue weighted by atomic mass is 9.98. The van der Waals surface area contributed by atoms with E-state index in [2.05, 4.69) is 22.9 Å². The van der Waals surface area contributed by atoms with E-state index in [4.69, 9.17) is 0 Å². The maximum Gasteiger partial charge on any atom is 0.0648 e. The quantitative estimate of drug-likeness (QED) is 0.513. The summed E-state index contributed by atoms with van der Waals surface area (Å²) in [7, 11) is 0. The van der Waals surface area contributed by atoms with Crippen molar-refractivity contribution in [2.24, 2.45) is 0 Å². The van der Waals surface area contributed by atoms with Crippen LogP contribution in [0.2, 0.25) is 0 Å². The summed E-state index contributed by atoms with van der Waals surface area (Å²) in [5.74, 6) is -0.980. The molecule has 0 fully saturated rings. The fourth-order valence-corrected chi connectivity index (χ4v) is 1.54. The van der Waals surface area contributed by atoms with E-state index in [-0.39, 0.29) is 0 Å². The monoisotopic (exact) mass is 249 g/mol. The van der Waals surface area contributed by atoms with Gasteiger partial charge in [-0.25, -0.2) is 0 Å². The molecule has 0 N–H and O–H groups in total. The minimum atomic E-state index is -0.980. The van der Waals surface area contributed by atoms with E-state index >= 15 is 0 Å². The zero-order valence-corrected chi connectivity index (χ0v) is 10.0. The number of hydrogen-bond acceptors (Lipinski definition) is 2. The molecule has 78 valence electrons.